The van der Waals surface area contributed by atoms with Crippen molar-refractivity contribution in [3.05, 3.63) is 39.9 Å². The highest BCUT2D eigenvalue weighted by atomic mass is 35.5. The quantitative estimate of drug-likeness (QED) is 0.478. The molecule has 1 saturated heterocycles. The van der Waals surface area contributed by atoms with Crippen LogP contribution in [0.3, 0.4) is 0 Å². The molecular formula is C15H15ClO4. The van der Waals surface area contributed by atoms with Gasteiger partial charge in [-0.25, -0.2) is 9.59 Å². The van der Waals surface area contributed by atoms with Gasteiger partial charge in [0.1, 0.15) is 5.57 Å². The van der Waals surface area contributed by atoms with Crippen LogP contribution in [-0.4, -0.2) is 17.7 Å². The van der Waals surface area contributed by atoms with Gasteiger partial charge in [0.05, 0.1) is 0 Å². The van der Waals surface area contributed by atoms with Crippen LogP contribution in [0.5, 0.6) is 0 Å². The lowest BCUT2D eigenvalue weighted by molar-refractivity contribution is -0.222. The number of ether oxygens (including phenoxy) is 2. The molecule has 1 aliphatic heterocycles. The van der Waals surface area contributed by atoms with E-state index in [2.05, 4.69) is 0 Å². The van der Waals surface area contributed by atoms with E-state index in [0.29, 0.717) is 10.6 Å². The van der Waals surface area contributed by atoms with Crippen LogP contribution in [0.25, 0.3) is 6.08 Å². The molecule has 0 spiro atoms. The molecule has 0 bridgehead atoms. The minimum Gasteiger partial charge on any atom is -0.419 e. The zero-order valence-corrected chi connectivity index (χ0v) is 12.3. The first kappa shape index (κ1) is 14.6. The smallest absolute Gasteiger partial charge is 0.348 e. The van der Waals surface area contributed by atoms with Crippen molar-refractivity contribution >= 4 is 29.6 Å². The summed E-state index contributed by atoms with van der Waals surface area (Å²) >= 11 is 6.03. The highest BCUT2D eigenvalue weighted by Gasteiger charge is 2.38. The minimum absolute atomic E-state index is 0.117. The minimum atomic E-state index is -1.22. The highest BCUT2D eigenvalue weighted by Crippen LogP contribution is 2.25. The van der Waals surface area contributed by atoms with Gasteiger partial charge in [0.25, 0.3) is 5.79 Å². The van der Waals surface area contributed by atoms with Crippen molar-refractivity contribution < 1.29 is 19.1 Å². The maximum atomic E-state index is 11.8. The number of benzene rings is 1. The first-order valence-corrected chi connectivity index (χ1v) is 6.67. The second kappa shape index (κ2) is 5.29. The van der Waals surface area contributed by atoms with E-state index >= 15 is 0 Å². The Morgan fingerprint density at radius 3 is 2.35 bits per heavy atom. The molecule has 2 rings (SSSR count). The van der Waals surface area contributed by atoms with Crippen molar-refractivity contribution in [1.29, 1.82) is 0 Å². The third kappa shape index (κ3) is 3.02. The number of hydrogen-bond donors (Lipinski definition) is 0. The molecular weight excluding hydrogens is 280 g/mol. The molecule has 5 heteroatoms. The van der Waals surface area contributed by atoms with Crippen LogP contribution in [0.1, 0.15) is 31.9 Å². The largest absolute Gasteiger partial charge is 0.419 e. The van der Waals surface area contributed by atoms with E-state index in [1.807, 2.05) is 13.0 Å². The summed E-state index contributed by atoms with van der Waals surface area (Å²) in [6.07, 6.45) is 2.22. The van der Waals surface area contributed by atoms with Gasteiger partial charge in [-0.3, -0.25) is 0 Å². The normalized spacial score (nSPS) is 17.5. The standard InChI is InChI=1S/C15H15ClO4/c1-4-10-7-9(5-6-12(10)16)8-11-13(17)19-15(2,3)20-14(11)18/h5-8H,4H2,1-3H3. The number of halogens is 1. The second-order valence-electron chi connectivity index (χ2n) is 4.94. The zero-order valence-electron chi connectivity index (χ0n) is 11.5. The SMILES string of the molecule is CCc1cc(C=C2C(=O)OC(C)(C)OC2=O)ccc1Cl. The van der Waals surface area contributed by atoms with Crippen LogP contribution in [-0.2, 0) is 25.5 Å². The summed E-state index contributed by atoms with van der Waals surface area (Å²) in [5, 5.41) is 0.657. The molecule has 4 nitrogen and oxygen atoms in total. The molecule has 0 aliphatic carbocycles. The molecule has 1 aromatic carbocycles. The van der Waals surface area contributed by atoms with E-state index in [1.54, 1.807) is 12.1 Å². The Hall–Kier alpha value is -1.81. The summed E-state index contributed by atoms with van der Waals surface area (Å²) < 4.78 is 10.1. The molecule has 0 saturated carbocycles. The Labute approximate surface area is 122 Å². The van der Waals surface area contributed by atoms with Crippen molar-refractivity contribution in [2.75, 3.05) is 0 Å². The predicted molar refractivity (Wildman–Crippen MR) is 75.1 cm³/mol. The molecule has 106 valence electrons. The summed E-state index contributed by atoms with van der Waals surface area (Å²) in [6, 6.07) is 5.29. The van der Waals surface area contributed by atoms with Gasteiger partial charge in [-0.05, 0) is 29.7 Å². The molecule has 0 amide bonds. The molecule has 1 fully saturated rings. The molecule has 0 radical (unpaired) electrons. The zero-order chi connectivity index (χ0) is 14.9. The second-order valence-corrected chi connectivity index (χ2v) is 5.35. The van der Waals surface area contributed by atoms with E-state index in [0.717, 1.165) is 12.0 Å². The van der Waals surface area contributed by atoms with Gasteiger partial charge in [0.15, 0.2) is 0 Å². The topological polar surface area (TPSA) is 52.6 Å². The van der Waals surface area contributed by atoms with Crippen molar-refractivity contribution in [2.24, 2.45) is 0 Å². The van der Waals surface area contributed by atoms with Gasteiger partial charge < -0.3 is 9.47 Å². The summed E-state index contributed by atoms with van der Waals surface area (Å²) in [4.78, 5) is 23.7. The van der Waals surface area contributed by atoms with Crippen LogP contribution in [0.2, 0.25) is 5.02 Å². The van der Waals surface area contributed by atoms with Gasteiger partial charge in [0.2, 0.25) is 0 Å². The van der Waals surface area contributed by atoms with Gasteiger partial charge >= 0.3 is 11.9 Å². The number of cyclic esters (lactones) is 2. The molecule has 1 aromatic rings. The molecule has 0 aromatic heterocycles. The summed E-state index contributed by atoms with van der Waals surface area (Å²) in [7, 11) is 0. The summed E-state index contributed by atoms with van der Waals surface area (Å²) in [5.41, 5.74) is 1.53. The van der Waals surface area contributed by atoms with E-state index in [-0.39, 0.29) is 5.57 Å². The van der Waals surface area contributed by atoms with E-state index in [1.165, 1.54) is 19.9 Å². The number of rotatable bonds is 2. The lowest BCUT2D eigenvalue weighted by Crippen LogP contribution is -2.41. The Morgan fingerprint density at radius 1 is 1.20 bits per heavy atom. The van der Waals surface area contributed by atoms with Crippen molar-refractivity contribution in [1.82, 2.24) is 0 Å². The Kier molecular flexibility index (Phi) is 3.86. The van der Waals surface area contributed by atoms with Gasteiger partial charge in [-0.2, -0.15) is 0 Å². The van der Waals surface area contributed by atoms with Crippen LogP contribution in [0.4, 0.5) is 0 Å². The van der Waals surface area contributed by atoms with Gasteiger partial charge in [0, 0.05) is 18.9 Å². The molecule has 0 atom stereocenters. The first-order chi connectivity index (χ1) is 9.32. The monoisotopic (exact) mass is 294 g/mol. The average molecular weight is 295 g/mol. The lowest BCUT2D eigenvalue weighted by Gasteiger charge is -2.29. The fraction of sp³-hybridized carbons (Fsp3) is 0.333. The third-order valence-electron chi connectivity index (χ3n) is 2.88. The average Bonchev–Trinajstić information content (AvgIpc) is 2.34. The fourth-order valence-corrected chi connectivity index (χ4v) is 2.15. The fourth-order valence-electron chi connectivity index (χ4n) is 1.90. The van der Waals surface area contributed by atoms with Crippen molar-refractivity contribution in [2.45, 2.75) is 33.0 Å². The third-order valence-corrected chi connectivity index (χ3v) is 3.25. The van der Waals surface area contributed by atoms with Crippen LogP contribution in [0.15, 0.2) is 23.8 Å². The Morgan fingerprint density at radius 2 is 1.80 bits per heavy atom. The summed E-state index contributed by atoms with van der Waals surface area (Å²) in [5.74, 6) is -2.58. The van der Waals surface area contributed by atoms with E-state index < -0.39 is 17.7 Å². The first-order valence-electron chi connectivity index (χ1n) is 6.29. The molecule has 0 unspecified atom stereocenters. The van der Waals surface area contributed by atoms with E-state index in [4.69, 9.17) is 21.1 Å². The number of carbonyl (C=O) groups excluding carboxylic acids is 2. The maximum absolute atomic E-state index is 11.8. The Bertz CT molecular complexity index is 580. The van der Waals surface area contributed by atoms with Crippen molar-refractivity contribution in [3.63, 3.8) is 0 Å². The van der Waals surface area contributed by atoms with Crippen molar-refractivity contribution in [3.8, 4) is 0 Å². The molecule has 1 aliphatic rings. The predicted octanol–water partition coefficient (Wildman–Crippen LogP) is 3.12. The summed E-state index contributed by atoms with van der Waals surface area (Å²) in [6.45, 7) is 5.00. The number of esters is 2. The van der Waals surface area contributed by atoms with Gasteiger partial charge in [-0.15, -0.1) is 0 Å². The van der Waals surface area contributed by atoms with Crippen LogP contribution < -0.4 is 0 Å². The molecule has 1 heterocycles. The van der Waals surface area contributed by atoms with Gasteiger partial charge in [-0.1, -0.05) is 30.7 Å². The van der Waals surface area contributed by atoms with Crippen LogP contribution >= 0.6 is 11.6 Å². The Balaban J connectivity index is 2.35. The molecule has 20 heavy (non-hydrogen) atoms. The highest BCUT2D eigenvalue weighted by molar-refractivity contribution is 6.31. The number of aryl methyl sites for hydroxylation is 1. The number of hydrogen-bond acceptors (Lipinski definition) is 4. The van der Waals surface area contributed by atoms with Crippen LogP contribution in [0, 0.1) is 0 Å². The maximum Gasteiger partial charge on any atom is 0.348 e. The molecule has 0 N–H and O–H groups in total. The lowest BCUT2D eigenvalue weighted by atomic mass is 10.1. The van der Waals surface area contributed by atoms with E-state index in [9.17, 15) is 9.59 Å². The number of carbonyl (C=O) groups is 2.